The van der Waals surface area contributed by atoms with E-state index in [1.54, 1.807) is 57.4 Å². The van der Waals surface area contributed by atoms with Gasteiger partial charge in [0, 0.05) is 11.1 Å². The lowest BCUT2D eigenvalue weighted by Gasteiger charge is -2.08. The highest BCUT2D eigenvalue weighted by molar-refractivity contribution is 6.10. The topological polar surface area (TPSA) is 71.1 Å². The highest BCUT2D eigenvalue weighted by Gasteiger charge is 2.33. The Kier molecular flexibility index (Phi) is 4.61. The van der Waals surface area contributed by atoms with Crippen LogP contribution in [0.15, 0.2) is 36.4 Å². The molecule has 0 fully saturated rings. The number of ether oxygens (including phenoxy) is 4. The largest absolute Gasteiger partial charge is 0.497 e. The van der Waals surface area contributed by atoms with E-state index < -0.39 is 12.3 Å². The predicted octanol–water partition coefficient (Wildman–Crippen LogP) is 2.90. The zero-order valence-electron chi connectivity index (χ0n) is 14.2. The monoisotopic (exact) mass is 342 g/mol. The minimum absolute atomic E-state index is 0.147. The maximum atomic E-state index is 12.8. The fourth-order valence-corrected chi connectivity index (χ4v) is 2.55. The maximum Gasteiger partial charge on any atom is 0.389 e. The van der Waals surface area contributed by atoms with Crippen molar-refractivity contribution < 1.29 is 28.5 Å². The van der Waals surface area contributed by atoms with Crippen molar-refractivity contribution in [1.82, 2.24) is 0 Å². The molecule has 1 heterocycles. The van der Waals surface area contributed by atoms with Crippen LogP contribution in [0.1, 0.15) is 28.4 Å². The van der Waals surface area contributed by atoms with E-state index in [0.717, 1.165) is 5.56 Å². The lowest BCUT2D eigenvalue weighted by Crippen LogP contribution is -2.30. The normalized spacial score (nSPS) is 14.9. The molecule has 0 amide bonds. The maximum absolute atomic E-state index is 12.8. The van der Waals surface area contributed by atoms with Crippen LogP contribution >= 0.6 is 0 Å². The average molecular weight is 342 g/mol. The van der Waals surface area contributed by atoms with Crippen molar-refractivity contribution >= 4 is 11.8 Å². The van der Waals surface area contributed by atoms with Crippen molar-refractivity contribution in [3.63, 3.8) is 0 Å². The molecule has 6 heteroatoms. The van der Waals surface area contributed by atoms with Crippen LogP contribution in [0.2, 0.25) is 0 Å². The fourth-order valence-electron chi connectivity index (χ4n) is 2.55. The van der Waals surface area contributed by atoms with E-state index in [4.69, 9.17) is 18.9 Å². The first-order chi connectivity index (χ1) is 12.0. The van der Waals surface area contributed by atoms with Crippen molar-refractivity contribution in [3.8, 4) is 17.2 Å². The van der Waals surface area contributed by atoms with Crippen LogP contribution in [0.25, 0.3) is 0 Å². The summed E-state index contributed by atoms with van der Waals surface area (Å²) in [4.78, 5) is 24.5. The van der Waals surface area contributed by atoms with Crippen molar-refractivity contribution in [2.75, 3.05) is 13.7 Å². The average Bonchev–Trinajstić information content (AvgIpc) is 3.03. The summed E-state index contributed by atoms with van der Waals surface area (Å²) in [6, 6.07) is 10.1. The van der Waals surface area contributed by atoms with E-state index in [0.29, 0.717) is 28.4 Å². The highest BCUT2D eigenvalue weighted by Crippen LogP contribution is 2.38. The Morgan fingerprint density at radius 3 is 2.32 bits per heavy atom. The lowest BCUT2D eigenvalue weighted by molar-refractivity contribution is -0.161. The third-order valence-corrected chi connectivity index (χ3v) is 3.83. The van der Waals surface area contributed by atoms with Gasteiger partial charge in [-0.05, 0) is 55.8 Å². The van der Waals surface area contributed by atoms with Gasteiger partial charge in [-0.3, -0.25) is 4.79 Å². The van der Waals surface area contributed by atoms with Gasteiger partial charge in [-0.15, -0.1) is 0 Å². The number of hydrogen-bond donors (Lipinski definition) is 0. The first-order valence-electron chi connectivity index (χ1n) is 7.86. The molecule has 0 saturated heterocycles. The Morgan fingerprint density at radius 1 is 1.08 bits per heavy atom. The number of ketones is 1. The zero-order valence-corrected chi connectivity index (χ0v) is 14.2. The summed E-state index contributed by atoms with van der Waals surface area (Å²) in [5.74, 6) is 0.698. The molecule has 0 saturated carbocycles. The molecule has 0 bridgehead atoms. The van der Waals surface area contributed by atoms with Gasteiger partial charge in [0.2, 0.25) is 0 Å². The molecule has 0 N–H and O–H groups in total. The van der Waals surface area contributed by atoms with Crippen LogP contribution in [-0.4, -0.2) is 31.8 Å². The van der Waals surface area contributed by atoms with Crippen molar-refractivity contribution in [2.24, 2.45) is 0 Å². The van der Waals surface area contributed by atoms with E-state index in [1.807, 2.05) is 0 Å². The SMILES string of the molecule is CCOC(=O)C1Oc2cc(C)c(C(=O)c3ccc(OC)cc3)cc2O1. The molecule has 1 unspecified atom stereocenters. The van der Waals surface area contributed by atoms with Crippen LogP contribution in [-0.2, 0) is 9.53 Å². The molecule has 0 aromatic heterocycles. The van der Waals surface area contributed by atoms with Crippen molar-refractivity contribution in [1.29, 1.82) is 0 Å². The van der Waals surface area contributed by atoms with E-state index in [-0.39, 0.29) is 12.4 Å². The number of benzene rings is 2. The standard InChI is InChI=1S/C19H18O6/c1-4-23-18(21)19-24-15-9-11(2)14(10-16(15)25-19)17(20)12-5-7-13(22-3)8-6-12/h5-10,19H,4H2,1-3H3. The smallest absolute Gasteiger partial charge is 0.389 e. The molecular formula is C19H18O6. The third kappa shape index (κ3) is 3.28. The number of aryl methyl sites for hydroxylation is 1. The Morgan fingerprint density at radius 2 is 1.72 bits per heavy atom. The molecule has 0 aliphatic carbocycles. The van der Waals surface area contributed by atoms with Crippen LogP contribution < -0.4 is 14.2 Å². The van der Waals surface area contributed by atoms with Gasteiger partial charge in [0.25, 0.3) is 0 Å². The van der Waals surface area contributed by atoms with Gasteiger partial charge in [0.05, 0.1) is 13.7 Å². The molecular weight excluding hydrogens is 324 g/mol. The van der Waals surface area contributed by atoms with Gasteiger partial charge in [0.1, 0.15) is 5.75 Å². The van der Waals surface area contributed by atoms with E-state index >= 15 is 0 Å². The van der Waals surface area contributed by atoms with E-state index in [1.165, 1.54) is 0 Å². The molecule has 1 atom stereocenters. The Bertz CT molecular complexity index is 809. The summed E-state index contributed by atoms with van der Waals surface area (Å²) in [7, 11) is 1.57. The first kappa shape index (κ1) is 16.8. The van der Waals surface area contributed by atoms with Gasteiger partial charge < -0.3 is 18.9 Å². The molecule has 130 valence electrons. The van der Waals surface area contributed by atoms with E-state index in [2.05, 4.69) is 0 Å². The summed E-state index contributed by atoms with van der Waals surface area (Å²) < 4.78 is 20.9. The number of esters is 1. The Labute approximate surface area is 145 Å². The summed E-state index contributed by atoms with van der Waals surface area (Å²) in [5, 5.41) is 0. The molecule has 25 heavy (non-hydrogen) atoms. The molecule has 0 radical (unpaired) electrons. The Hall–Kier alpha value is -3.02. The van der Waals surface area contributed by atoms with Gasteiger partial charge in [-0.1, -0.05) is 0 Å². The van der Waals surface area contributed by atoms with Gasteiger partial charge in [-0.2, -0.15) is 0 Å². The molecule has 6 nitrogen and oxygen atoms in total. The number of hydrogen-bond acceptors (Lipinski definition) is 6. The lowest BCUT2D eigenvalue weighted by atomic mass is 9.98. The summed E-state index contributed by atoms with van der Waals surface area (Å²) in [6.07, 6.45) is -1.14. The number of carbonyl (C=O) groups is 2. The number of fused-ring (bicyclic) bond motifs is 1. The molecule has 2 aromatic rings. The van der Waals surface area contributed by atoms with Crippen LogP contribution in [0.3, 0.4) is 0 Å². The second kappa shape index (κ2) is 6.84. The second-order valence-corrected chi connectivity index (χ2v) is 5.49. The molecule has 1 aliphatic heterocycles. The van der Waals surface area contributed by atoms with Crippen LogP contribution in [0, 0.1) is 6.92 Å². The highest BCUT2D eigenvalue weighted by atomic mass is 16.7. The Balaban J connectivity index is 1.86. The molecule has 2 aromatic carbocycles. The number of methoxy groups -OCH3 is 1. The first-order valence-corrected chi connectivity index (χ1v) is 7.86. The van der Waals surface area contributed by atoms with Gasteiger partial charge in [0.15, 0.2) is 17.3 Å². The number of rotatable bonds is 5. The van der Waals surface area contributed by atoms with Gasteiger partial charge in [-0.25, -0.2) is 4.79 Å². The third-order valence-electron chi connectivity index (χ3n) is 3.83. The zero-order chi connectivity index (χ0) is 18.0. The quantitative estimate of drug-likeness (QED) is 0.615. The summed E-state index contributed by atoms with van der Waals surface area (Å²) >= 11 is 0. The molecule has 1 aliphatic rings. The van der Waals surface area contributed by atoms with Crippen LogP contribution in [0.5, 0.6) is 17.2 Å². The van der Waals surface area contributed by atoms with E-state index in [9.17, 15) is 9.59 Å². The molecule has 0 spiro atoms. The molecule has 3 rings (SSSR count). The predicted molar refractivity (Wildman–Crippen MR) is 89.3 cm³/mol. The van der Waals surface area contributed by atoms with Crippen molar-refractivity contribution in [2.45, 2.75) is 20.1 Å². The van der Waals surface area contributed by atoms with Gasteiger partial charge >= 0.3 is 12.3 Å². The van der Waals surface area contributed by atoms with Crippen molar-refractivity contribution in [3.05, 3.63) is 53.1 Å². The minimum Gasteiger partial charge on any atom is -0.497 e. The summed E-state index contributed by atoms with van der Waals surface area (Å²) in [6.45, 7) is 3.74. The number of carbonyl (C=O) groups excluding carboxylic acids is 2. The van der Waals surface area contributed by atoms with Crippen LogP contribution in [0.4, 0.5) is 0 Å². The second-order valence-electron chi connectivity index (χ2n) is 5.49. The summed E-state index contributed by atoms with van der Waals surface area (Å²) in [5.41, 5.74) is 1.74. The minimum atomic E-state index is -1.14. The fraction of sp³-hybridized carbons (Fsp3) is 0.263.